The van der Waals surface area contributed by atoms with Crippen LogP contribution in [0.5, 0.6) is 0 Å². The molecule has 3 aromatic carbocycles. The van der Waals surface area contributed by atoms with E-state index in [1.807, 2.05) is 73.4 Å². The van der Waals surface area contributed by atoms with Crippen LogP contribution >= 0.6 is 27.5 Å². The van der Waals surface area contributed by atoms with Crippen molar-refractivity contribution in [1.82, 2.24) is 0 Å². The maximum Gasteiger partial charge on any atom is 0.240 e. The van der Waals surface area contributed by atoms with Gasteiger partial charge in [0, 0.05) is 20.7 Å². The standard InChI is InChI=1S/C29H22BrClN2O3/c1-15-3-10-21(16(2)13-15)33-28(35)24-23-11-6-18-14-20(31)9-12-22(18)32(23)26(25(24)29(33)36)27(34)17-4-7-19(30)8-5-17/h3-14,23-26H,1-2H3/t23-,24+,25-,26+/m1/s1. The first-order valence-corrected chi connectivity index (χ1v) is 12.9. The molecular formula is C29H22BrClN2O3. The van der Waals surface area contributed by atoms with Crippen molar-refractivity contribution in [3.8, 4) is 0 Å². The highest BCUT2D eigenvalue weighted by Gasteiger charge is 2.64. The van der Waals surface area contributed by atoms with Gasteiger partial charge >= 0.3 is 0 Å². The molecule has 2 fully saturated rings. The van der Waals surface area contributed by atoms with Crippen molar-refractivity contribution in [2.24, 2.45) is 11.8 Å². The number of benzene rings is 3. The van der Waals surface area contributed by atoms with E-state index in [4.69, 9.17) is 11.6 Å². The topological polar surface area (TPSA) is 57.7 Å². The van der Waals surface area contributed by atoms with Gasteiger partial charge in [0.1, 0.15) is 6.04 Å². The van der Waals surface area contributed by atoms with Crippen molar-refractivity contribution < 1.29 is 14.4 Å². The van der Waals surface area contributed by atoms with Crippen LogP contribution in [-0.2, 0) is 9.59 Å². The molecule has 3 aliphatic heterocycles. The fourth-order valence-corrected chi connectivity index (χ4v) is 6.37. The predicted molar refractivity (Wildman–Crippen MR) is 144 cm³/mol. The monoisotopic (exact) mass is 560 g/mol. The Balaban J connectivity index is 1.50. The van der Waals surface area contributed by atoms with Crippen LogP contribution in [-0.4, -0.2) is 29.7 Å². The summed E-state index contributed by atoms with van der Waals surface area (Å²) in [5, 5.41) is 0.584. The summed E-state index contributed by atoms with van der Waals surface area (Å²) in [5.74, 6) is -2.24. The Bertz CT molecular complexity index is 1480. The minimum absolute atomic E-state index is 0.181. The number of aryl methyl sites for hydroxylation is 2. The third-order valence-electron chi connectivity index (χ3n) is 7.46. The summed E-state index contributed by atoms with van der Waals surface area (Å²) < 4.78 is 0.857. The number of nitrogens with zero attached hydrogens (tertiary/aromatic N) is 2. The summed E-state index contributed by atoms with van der Waals surface area (Å²) in [6.07, 6.45) is 3.87. The molecule has 3 aliphatic rings. The molecule has 0 aliphatic carbocycles. The maximum absolute atomic E-state index is 14.1. The van der Waals surface area contributed by atoms with Crippen LogP contribution in [0, 0.1) is 25.7 Å². The number of imide groups is 1. The maximum atomic E-state index is 14.1. The molecular weight excluding hydrogens is 540 g/mol. The van der Waals surface area contributed by atoms with Crippen molar-refractivity contribution in [2.75, 3.05) is 9.80 Å². The van der Waals surface area contributed by atoms with Crippen molar-refractivity contribution in [3.63, 3.8) is 0 Å². The Kier molecular flexibility index (Phi) is 5.43. The minimum atomic E-state index is -0.821. The Hall–Kier alpha value is -3.22. The molecule has 2 saturated heterocycles. The van der Waals surface area contributed by atoms with Gasteiger partial charge in [0.05, 0.1) is 23.6 Å². The molecule has 6 rings (SSSR count). The summed E-state index contributed by atoms with van der Waals surface area (Å²) in [6.45, 7) is 3.87. The number of hydrogen-bond donors (Lipinski definition) is 0. The van der Waals surface area contributed by atoms with Crippen LogP contribution in [0.4, 0.5) is 11.4 Å². The highest BCUT2D eigenvalue weighted by Crippen LogP contribution is 2.50. The number of halogens is 2. The van der Waals surface area contributed by atoms with E-state index in [-0.39, 0.29) is 17.6 Å². The first kappa shape index (κ1) is 23.2. The summed E-state index contributed by atoms with van der Waals surface area (Å²) >= 11 is 9.67. The second-order valence-corrected chi connectivity index (χ2v) is 11.0. The average Bonchev–Trinajstić information content (AvgIpc) is 3.32. The number of rotatable bonds is 3. The van der Waals surface area contributed by atoms with Crippen LogP contribution in [0.2, 0.25) is 5.02 Å². The number of Topliss-reactive ketones (excluding diaryl/α,β-unsaturated/α-hetero) is 1. The highest BCUT2D eigenvalue weighted by molar-refractivity contribution is 9.10. The molecule has 0 saturated carbocycles. The van der Waals surface area contributed by atoms with E-state index in [2.05, 4.69) is 15.9 Å². The van der Waals surface area contributed by atoms with E-state index in [0.717, 1.165) is 26.9 Å². The molecule has 0 N–H and O–H groups in total. The van der Waals surface area contributed by atoms with Gasteiger partial charge in [0.15, 0.2) is 5.78 Å². The van der Waals surface area contributed by atoms with Crippen LogP contribution < -0.4 is 9.80 Å². The van der Waals surface area contributed by atoms with E-state index >= 15 is 0 Å². The Labute approximate surface area is 222 Å². The molecule has 7 heteroatoms. The summed E-state index contributed by atoms with van der Waals surface area (Å²) in [4.78, 5) is 45.2. The lowest BCUT2D eigenvalue weighted by atomic mass is 9.86. The van der Waals surface area contributed by atoms with Crippen molar-refractivity contribution in [2.45, 2.75) is 25.9 Å². The summed E-state index contributed by atoms with van der Waals surface area (Å²) in [5.41, 5.74) is 4.64. The SMILES string of the molecule is Cc1ccc(N2C(=O)[C@@H]3[C@@H](C2=O)[C@@H](C(=O)c2ccc(Br)cc2)N2c4ccc(Cl)cc4C=C[C@H]32)c(C)c1. The van der Waals surface area contributed by atoms with E-state index in [0.29, 0.717) is 16.3 Å². The molecule has 0 unspecified atom stereocenters. The van der Waals surface area contributed by atoms with Crippen molar-refractivity contribution in [3.05, 3.63) is 98.5 Å². The number of ketones is 1. The van der Waals surface area contributed by atoms with Gasteiger partial charge in [-0.1, -0.05) is 69.5 Å². The van der Waals surface area contributed by atoms with E-state index in [9.17, 15) is 14.4 Å². The van der Waals surface area contributed by atoms with Crippen LogP contribution in [0.25, 0.3) is 6.08 Å². The number of carbonyl (C=O) groups excluding carboxylic acids is 3. The average molecular weight is 562 g/mol. The summed E-state index contributed by atoms with van der Waals surface area (Å²) in [6, 6.07) is 17.0. The Morgan fingerprint density at radius 1 is 0.889 bits per heavy atom. The molecule has 2 amide bonds. The van der Waals surface area contributed by atoms with Gasteiger partial charge in [-0.2, -0.15) is 0 Å². The smallest absolute Gasteiger partial charge is 0.240 e. The third kappa shape index (κ3) is 3.39. The second-order valence-electron chi connectivity index (χ2n) is 9.63. The molecule has 180 valence electrons. The van der Waals surface area contributed by atoms with Crippen molar-refractivity contribution >= 4 is 62.6 Å². The zero-order chi connectivity index (χ0) is 25.3. The zero-order valence-corrected chi connectivity index (χ0v) is 22.0. The molecule has 4 atom stereocenters. The van der Waals surface area contributed by atoms with Crippen LogP contribution in [0.15, 0.2) is 71.2 Å². The molecule has 36 heavy (non-hydrogen) atoms. The lowest BCUT2D eigenvalue weighted by Crippen LogP contribution is -2.49. The van der Waals surface area contributed by atoms with Gasteiger partial charge in [-0.3, -0.25) is 14.4 Å². The molecule has 0 radical (unpaired) electrons. The van der Waals surface area contributed by atoms with Crippen molar-refractivity contribution in [1.29, 1.82) is 0 Å². The fraction of sp³-hybridized carbons (Fsp3) is 0.207. The lowest BCUT2D eigenvalue weighted by molar-refractivity contribution is -0.122. The normalized spacial score (nSPS) is 24.1. The predicted octanol–water partition coefficient (Wildman–Crippen LogP) is 5.99. The fourth-order valence-electron chi connectivity index (χ4n) is 5.92. The third-order valence-corrected chi connectivity index (χ3v) is 8.22. The van der Waals surface area contributed by atoms with Gasteiger partial charge in [0.2, 0.25) is 11.8 Å². The van der Waals surface area contributed by atoms with E-state index in [1.54, 1.807) is 18.2 Å². The Morgan fingerprint density at radius 2 is 1.58 bits per heavy atom. The number of carbonyl (C=O) groups is 3. The van der Waals surface area contributed by atoms with Crippen LogP contribution in [0.3, 0.4) is 0 Å². The number of fused-ring (bicyclic) bond motifs is 5. The van der Waals surface area contributed by atoms with E-state index in [1.165, 1.54) is 4.90 Å². The minimum Gasteiger partial charge on any atom is -0.352 e. The van der Waals surface area contributed by atoms with Gasteiger partial charge in [0.25, 0.3) is 0 Å². The molecule has 5 nitrogen and oxygen atoms in total. The number of anilines is 2. The molecule has 3 heterocycles. The van der Waals surface area contributed by atoms with Gasteiger partial charge in [-0.15, -0.1) is 0 Å². The zero-order valence-electron chi connectivity index (χ0n) is 19.6. The van der Waals surface area contributed by atoms with Gasteiger partial charge in [-0.25, -0.2) is 4.90 Å². The quantitative estimate of drug-likeness (QED) is 0.291. The second kappa shape index (κ2) is 8.43. The first-order valence-electron chi connectivity index (χ1n) is 11.8. The molecule has 3 aromatic rings. The largest absolute Gasteiger partial charge is 0.352 e. The van der Waals surface area contributed by atoms with Crippen LogP contribution in [0.1, 0.15) is 27.0 Å². The molecule has 0 spiro atoms. The van der Waals surface area contributed by atoms with Gasteiger partial charge < -0.3 is 4.90 Å². The highest BCUT2D eigenvalue weighted by atomic mass is 79.9. The van der Waals surface area contributed by atoms with Gasteiger partial charge in [-0.05, 0) is 61.4 Å². The number of hydrogen-bond acceptors (Lipinski definition) is 4. The van der Waals surface area contributed by atoms with E-state index < -0.39 is 23.9 Å². The lowest BCUT2D eigenvalue weighted by Gasteiger charge is -2.36. The Morgan fingerprint density at radius 3 is 2.31 bits per heavy atom. The summed E-state index contributed by atoms with van der Waals surface area (Å²) in [7, 11) is 0. The number of amides is 2. The molecule has 0 bridgehead atoms. The first-order chi connectivity index (χ1) is 17.3. The molecule has 0 aromatic heterocycles.